The lowest BCUT2D eigenvalue weighted by molar-refractivity contribution is 0.307. The molecular formula is C21H34O2. The summed E-state index contributed by atoms with van der Waals surface area (Å²) in [5, 5.41) is 0. The zero-order valence-corrected chi connectivity index (χ0v) is 15.8. The number of hydrogen-bond donors (Lipinski definition) is 0. The summed E-state index contributed by atoms with van der Waals surface area (Å²) in [6.07, 6.45) is 5.35. The Morgan fingerprint density at radius 2 is 1.87 bits per heavy atom. The number of ether oxygens (including phenoxy) is 2. The molecule has 0 aromatic heterocycles. The van der Waals surface area contributed by atoms with Gasteiger partial charge in [0.25, 0.3) is 0 Å². The zero-order chi connectivity index (χ0) is 17.0. The first-order valence-corrected chi connectivity index (χ1v) is 9.33. The molecule has 23 heavy (non-hydrogen) atoms. The van der Waals surface area contributed by atoms with Crippen LogP contribution in [0.2, 0.25) is 0 Å². The summed E-state index contributed by atoms with van der Waals surface area (Å²) < 4.78 is 11.8. The molecular weight excluding hydrogens is 284 g/mol. The van der Waals surface area contributed by atoms with E-state index in [0.717, 1.165) is 38.0 Å². The second kappa shape index (κ2) is 7.70. The largest absolute Gasteiger partial charge is 0.493 e. The van der Waals surface area contributed by atoms with Gasteiger partial charge in [0.1, 0.15) is 5.75 Å². The first-order valence-electron chi connectivity index (χ1n) is 9.33. The van der Waals surface area contributed by atoms with Crippen LogP contribution in [0.4, 0.5) is 0 Å². The van der Waals surface area contributed by atoms with E-state index in [9.17, 15) is 0 Å². The van der Waals surface area contributed by atoms with Crippen LogP contribution in [0, 0.1) is 0 Å². The van der Waals surface area contributed by atoms with Gasteiger partial charge in [0, 0.05) is 0 Å². The van der Waals surface area contributed by atoms with E-state index in [4.69, 9.17) is 9.47 Å². The maximum absolute atomic E-state index is 6.05. The molecule has 0 N–H and O–H groups in total. The van der Waals surface area contributed by atoms with Gasteiger partial charge in [0.05, 0.1) is 18.8 Å². The van der Waals surface area contributed by atoms with Crippen molar-refractivity contribution in [2.24, 2.45) is 0 Å². The molecule has 1 aromatic carbocycles. The third-order valence-corrected chi connectivity index (χ3v) is 4.88. The van der Waals surface area contributed by atoms with Gasteiger partial charge >= 0.3 is 0 Å². The Morgan fingerprint density at radius 3 is 2.39 bits per heavy atom. The van der Waals surface area contributed by atoms with Gasteiger partial charge in [0.2, 0.25) is 0 Å². The second-order valence-corrected chi connectivity index (χ2v) is 7.81. The number of benzene rings is 1. The summed E-state index contributed by atoms with van der Waals surface area (Å²) in [6, 6.07) is 6.78. The van der Waals surface area contributed by atoms with Gasteiger partial charge in [-0.2, -0.15) is 0 Å². The van der Waals surface area contributed by atoms with Crippen LogP contribution >= 0.6 is 0 Å². The molecule has 2 rings (SSSR count). The predicted molar refractivity (Wildman–Crippen MR) is 97.5 cm³/mol. The van der Waals surface area contributed by atoms with Gasteiger partial charge in [-0.05, 0) is 54.2 Å². The van der Waals surface area contributed by atoms with E-state index < -0.39 is 0 Å². The fourth-order valence-corrected chi connectivity index (χ4v) is 3.22. The van der Waals surface area contributed by atoms with Crippen LogP contribution < -0.4 is 4.74 Å². The first-order chi connectivity index (χ1) is 10.9. The van der Waals surface area contributed by atoms with Crippen LogP contribution in [0.1, 0.15) is 84.3 Å². The monoisotopic (exact) mass is 318 g/mol. The normalized spacial score (nSPS) is 22.0. The molecule has 0 saturated carbocycles. The van der Waals surface area contributed by atoms with Crippen LogP contribution in [0.3, 0.4) is 0 Å². The third kappa shape index (κ3) is 4.73. The molecule has 0 aliphatic carbocycles. The van der Waals surface area contributed by atoms with Crippen molar-refractivity contribution in [1.29, 1.82) is 0 Å². The fraction of sp³-hybridized carbons (Fsp3) is 0.714. The van der Waals surface area contributed by atoms with Crippen molar-refractivity contribution in [1.82, 2.24) is 0 Å². The summed E-state index contributed by atoms with van der Waals surface area (Å²) >= 11 is 0. The second-order valence-electron chi connectivity index (χ2n) is 7.81. The number of epoxide rings is 1. The Labute approximate surface area is 142 Å². The standard InChI is InChI=1S/C21H34O2/c1-7-12-22-19-11-10-16(21(4,5)6)14-17(19)15(8-2)13-20-18(9-3)23-20/h10-11,14-15,18,20H,7-9,12-13H2,1-6H3. The van der Waals surface area contributed by atoms with E-state index in [1.54, 1.807) is 0 Å². The molecule has 1 saturated heterocycles. The molecule has 1 aliphatic heterocycles. The van der Waals surface area contributed by atoms with E-state index >= 15 is 0 Å². The minimum absolute atomic E-state index is 0.165. The topological polar surface area (TPSA) is 21.8 Å². The van der Waals surface area contributed by atoms with Gasteiger partial charge in [0.15, 0.2) is 0 Å². The van der Waals surface area contributed by atoms with Crippen LogP contribution in [-0.2, 0) is 10.2 Å². The molecule has 1 heterocycles. The predicted octanol–water partition coefficient (Wildman–Crippen LogP) is 5.83. The van der Waals surface area contributed by atoms with Gasteiger partial charge in [-0.25, -0.2) is 0 Å². The van der Waals surface area contributed by atoms with Crippen molar-refractivity contribution >= 4 is 0 Å². The van der Waals surface area contributed by atoms with Crippen molar-refractivity contribution in [3.05, 3.63) is 29.3 Å². The Kier molecular flexibility index (Phi) is 6.13. The Morgan fingerprint density at radius 1 is 1.13 bits per heavy atom. The molecule has 0 radical (unpaired) electrons. The van der Waals surface area contributed by atoms with E-state index in [2.05, 4.69) is 59.7 Å². The third-order valence-electron chi connectivity index (χ3n) is 4.88. The molecule has 2 nitrogen and oxygen atoms in total. The minimum atomic E-state index is 0.165. The van der Waals surface area contributed by atoms with Crippen molar-refractivity contribution in [3.63, 3.8) is 0 Å². The first kappa shape index (κ1) is 18.3. The molecule has 3 unspecified atom stereocenters. The van der Waals surface area contributed by atoms with Gasteiger partial charge in [-0.15, -0.1) is 0 Å². The van der Waals surface area contributed by atoms with Crippen molar-refractivity contribution < 1.29 is 9.47 Å². The van der Waals surface area contributed by atoms with E-state index in [0.29, 0.717) is 18.1 Å². The van der Waals surface area contributed by atoms with Crippen LogP contribution in [0.5, 0.6) is 5.75 Å². The minimum Gasteiger partial charge on any atom is -0.493 e. The fourth-order valence-electron chi connectivity index (χ4n) is 3.22. The Bertz CT molecular complexity index is 501. The van der Waals surface area contributed by atoms with E-state index in [-0.39, 0.29) is 5.41 Å². The summed E-state index contributed by atoms with van der Waals surface area (Å²) in [5.74, 6) is 1.59. The van der Waals surface area contributed by atoms with Gasteiger partial charge in [-0.3, -0.25) is 0 Å². The lowest BCUT2D eigenvalue weighted by Crippen LogP contribution is -2.14. The molecule has 130 valence electrons. The SMILES string of the molecule is CCCOc1ccc(C(C)(C)C)cc1C(CC)CC1OC1CC. The highest BCUT2D eigenvalue weighted by Gasteiger charge is 2.39. The molecule has 0 amide bonds. The zero-order valence-electron chi connectivity index (χ0n) is 15.8. The lowest BCUT2D eigenvalue weighted by Gasteiger charge is -2.24. The molecule has 3 atom stereocenters. The molecule has 1 fully saturated rings. The van der Waals surface area contributed by atoms with Crippen LogP contribution in [0.25, 0.3) is 0 Å². The number of rotatable bonds is 8. The summed E-state index contributed by atoms with van der Waals surface area (Å²) in [5.41, 5.74) is 2.93. The molecule has 2 heteroatoms. The Hall–Kier alpha value is -1.02. The highest BCUT2D eigenvalue weighted by atomic mass is 16.6. The molecule has 0 spiro atoms. The summed E-state index contributed by atoms with van der Waals surface area (Å²) in [4.78, 5) is 0. The summed E-state index contributed by atoms with van der Waals surface area (Å²) in [6.45, 7) is 14.3. The quantitative estimate of drug-likeness (QED) is 0.562. The average Bonchev–Trinajstić information content (AvgIpc) is 3.28. The van der Waals surface area contributed by atoms with Crippen molar-refractivity contribution in [3.8, 4) is 5.75 Å². The average molecular weight is 319 g/mol. The highest BCUT2D eigenvalue weighted by molar-refractivity contribution is 5.42. The van der Waals surface area contributed by atoms with E-state index in [1.807, 2.05) is 0 Å². The van der Waals surface area contributed by atoms with Gasteiger partial charge < -0.3 is 9.47 Å². The lowest BCUT2D eigenvalue weighted by atomic mass is 9.82. The van der Waals surface area contributed by atoms with Gasteiger partial charge in [-0.1, -0.05) is 53.7 Å². The maximum Gasteiger partial charge on any atom is 0.122 e. The number of hydrogen-bond acceptors (Lipinski definition) is 2. The summed E-state index contributed by atoms with van der Waals surface area (Å²) in [7, 11) is 0. The van der Waals surface area contributed by atoms with E-state index in [1.165, 1.54) is 11.1 Å². The van der Waals surface area contributed by atoms with Crippen molar-refractivity contribution in [2.75, 3.05) is 6.61 Å². The van der Waals surface area contributed by atoms with Crippen LogP contribution in [0.15, 0.2) is 18.2 Å². The van der Waals surface area contributed by atoms with Crippen molar-refractivity contribution in [2.45, 2.75) is 90.8 Å². The molecule has 0 bridgehead atoms. The molecule has 1 aromatic rings. The van der Waals surface area contributed by atoms with Crippen LogP contribution in [-0.4, -0.2) is 18.8 Å². The highest BCUT2D eigenvalue weighted by Crippen LogP contribution is 2.40. The Balaban J connectivity index is 2.26. The molecule has 1 aliphatic rings. The maximum atomic E-state index is 6.05. The smallest absolute Gasteiger partial charge is 0.122 e.